The van der Waals surface area contributed by atoms with Gasteiger partial charge in [0.15, 0.2) is 0 Å². The first-order chi connectivity index (χ1) is 13.0. The molecule has 2 aliphatic heterocycles. The molecule has 4 rings (SSSR count). The van der Waals surface area contributed by atoms with Gasteiger partial charge in [-0.25, -0.2) is 17.7 Å². The van der Waals surface area contributed by atoms with Crippen LogP contribution in [0, 0.1) is 17.8 Å². The van der Waals surface area contributed by atoms with Crippen LogP contribution < -0.4 is 10.2 Å². The lowest BCUT2D eigenvalue weighted by molar-refractivity contribution is 0.212. The molecule has 4 heterocycles. The predicted molar refractivity (Wildman–Crippen MR) is 108 cm³/mol. The minimum Gasteiger partial charge on any atom is -0.355 e. The molecule has 2 saturated heterocycles. The zero-order valence-electron chi connectivity index (χ0n) is 17.0. The highest BCUT2D eigenvalue weighted by molar-refractivity contribution is 7.88. The first-order valence-corrected chi connectivity index (χ1v) is 11.1. The summed E-state index contributed by atoms with van der Waals surface area (Å²) in [5, 5.41) is 7.34. The molecule has 1 N–H and O–H groups in total. The van der Waals surface area contributed by atoms with Crippen LogP contribution in [0.1, 0.15) is 19.4 Å². The van der Waals surface area contributed by atoms with Crippen LogP contribution in [-0.2, 0) is 17.1 Å². The van der Waals surface area contributed by atoms with Crippen molar-refractivity contribution in [2.75, 3.05) is 42.7 Å². The van der Waals surface area contributed by atoms with E-state index < -0.39 is 10.0 Å². The van der Waals surface area contributed by atoms with Gasteiger partial charge in [0.25, 0.3) is 0 Å². The first kappa shape index (κ1) is 19.1. The molecule has 0 radical (unpaired) electrons. The third-order valence-corrected chi connectivity index (χ3v) is 7.46. The average molecular weight is 406 g/mol. The maximum atomic E-state index is 12.1. The van der Waals surface area contributed by atoms with Crippen LogP contribution in [0.2, 0.25) is 0 Å². The van der Waals surface area contributed by atoms with E-state index >= 15 is 0 Å². The molecule has 0 unspecified atom stereocenters. The second-order valence-corrected chi connectivity index (χ2v) is 10.7. The Morgan fingerprint density at radius 3 is 2.29 bits per heavy atom. The van der Waals surface area contributed by atoms with E-state index in [0.717, 1.165) is 30.2 Å². The lowest BCUT2D eigenvalue weighted by Crippen LogP contribution is -2.35. The van der Waals surface area contributed by atoms with Gasteiger partial charge in [0.05, 0.1) is 18.1 Å². The quantitative estimate of drug-likeness (QED) is 0.821. The summed E-state index contributed by atoms with van der Waals surface area (Å²) in [6, 6.07) is 0. The molecule has 9 nitrogen and oxygen atoms in total. The van der Waals surface area contributed by atoms with Gasteiger partial charge in [-0.1, -0.05) is 13.8 Å². The molecule has 152 valence electrons. The normalized spacial score (nSPS) is 28.0. The van der Waals surface area contributed by atoms with Crippen LogP contribution in [0.5, 0.6) is 0 Å². The fraction of sp³-hybridized carbons (Fsp3) is 0.611. The Labute approximate surface area is 165 Å². The molecule has 0 aliphatic carbocycles. The molecule has 2 atom stereocenters. The lowest BCUT2D eigenvalue weighted by atomic mass is 9.71. The third-order valence-electron chi connectivity index (χ3n) is 6.26. The number of sulfonamides is 1. The number of aromatic nitrogens is 4. The van der Waals surface area contributed by atoms with E-state index in [1.807, 2.05) is 26.4 Å². The summed E-state index contributed by atoms with van der Waals surface area (Å²) in [4.78, 5) is 11.4. The van der Waals surface area contributed by atoms with Crippen LogP contribution in [0.15, 0.2) is 18.6 Å². The molecule has 0 amide bonds. The Bertz CT molecular complexity index is 1000. The molecular weight excluding hydrogens is 378 g/mol. The largest absolute Gasteiger partial charge is 0.355 e. The molecule has 28 heavy (non-hydrogen) atoms. The van der Waals surface area contributed by atoms with Crippen LogP contribution in [0.3, 0.4) is 0 Å². The first-order valence-electron chi connectivity index (χ1n) is 9.29. The van der Waals surface area contributed by atoms with Gasteiger partial charge < -0.3 is 10.2 Å². The maximum Gasteiger partial charge on any atom is 0.229 e. The van der Waals surface area contributed by atoms with Crippen molar-refractivity contribution in [3.63, 3.8) is 0 Å². The van der Waals surface area contributed by atoms with E-state index in [-0.39, 0.29) is 10.8 Å². The fourth-order valence-corrected chi connectivity index (χ4v) is 5.45. The van der Waals surface area contributed by atoms with Crippen LogP contribution in [-0.4, -0.2) is 64.9 Å². The molecule has 0 spiro atoms. The van der Waals surface area contributed by atoms with Gasteiger partial charge in [-0.15, -0.1) is 0 Å². The van der Waals surface area contributed by atoms with Crippen LogP contribution in [0.4, 0.5) is 17.5 Å². The summed E-state index contributed by atoms with van der Waals surface area (Å²) < 4.78 is 27.4. The standard InChI is InChI=1S/C18H27N7O2S/c1-13-6-19-16(21-14-7-20-23(4)8-14)22-15(13)24-9-17(2)11-25(28(5,26)27)12-18(17,3)10-24/h6-8H,9-12H2,1-5H3,(H,19,21,22)/t17-,18+. The maximum absolute atomic E-state index is 12.1. The summed E-state index contributed by atoms with van der Waals surface area (Å²) in [7, 11) is -1.32. The third kappa shape index (κ3) is 3.14. The van der Waals surface area contributed by atoms with Gasteiger partial charge in [-0.3, -0.25) is 4.68 Å². The van der Waals surface area contributed by atoms with Crippen molar-refractivity contribution < 1.29 is 8.42 Å². The topological polar surface area (TPSA) is 96.2 Å². The number of hydrogen-bond donors (Lipinski definition) is 1. The molecule has 2 aromatic rings. The minimum absolute atomic E-state index is 0.121. The van der Waals surface area contributed by atoms with E-state index in [1.165, 1.54) is 6.26 Å². The number of nitrogens with zero attached hydrogens (tertiary/aromatic N) is 6. The molecule has 0 saturated carbocycles. The number of rotatable bonds is 4. The van der Waals surface area contributed by atoms with Crippen molar-refractivity contribution in [1.29, 1.82) is 0 Å². The van der Waals surface area contributed by atoms with Gasteiger partial charge in [-0.05, 0) is 6.92 Å². The van der Waals surface area contributed by atoms with Gasteiger partial charge in [0.1, 0.15) is 5.82 Å². The highest BCUT2D eigenvalue weighted by Crippen LogP contribution is 2.53. The summed E-state index contributed by atoms with van der Waals surface area (Å²) in [5.74, 6) is 1.42. The number of hydrogen-bond acceptors (Lipinski definition) is 7. The number of aryl methyl sites for hydroxylation is 2. The van der Waals surface area contributed by atoms with Crippen molar-refractivity contribution >= 4 is 27.5 Å². The Kier molecular flexibility index (Phi) is 4.20. The van der Waals surface area contributed by atoms with Crippen molar-refractivity contribution in [3.05, 3.63) is 24.2 Å². The SMILES string of the molecule is Cc1cnc(Nc2cnn(C)c2)nc1N1C[C@@]2(C)CN(S(C)(=O)=O)C[C@@]2(C)C1. The van der Waals surface area contributed by atoms with Crippen LogP contribution in [0.25, 0.3) is 0 Å². The Balaban J connectivity index is 1.59. The van der Waals surface area contributed by atoms with Gasteiger partial charge in [0, 0.05) is 62.0 Å². The van der Waals surface area contributed by atoms with Gasteiger partial charge in [0.2, 0.25) is 16.0 Å². The zero-order chi connectivity index (χ0) is 20.3. The van der Waals surface area contributed by atoms with E-state index in [1.54, 1.807) is 15.2 Å². The molecule has 2 fully saturated rings. The lowest BCUT2D eigenvalue weighted by Gasteiger charge is -2.30. The average Bonchev–Trinajstić information content (AvgIpc) is 3.17. The molecule has 2 aromatic heterocycles. The number of fused-ring (bicyclic) bond motifs is 1. The Morgan fingerprint density at radius 1 is 1.11 bits per heavy atom. The van der Waals surface area contributed by atoms with Crippen molar-refractivity contribution in [1.82, 2.24) is 24.1 Å². The van der Waals surface area contributed by atoms with E-state index in [0.29, 0.717) is 19.0 Å². The smallest absolute Gasteiger partial charge is 0.229 e. The monoisotopic (exact) mass is 405 g/mol. The molecule has 10 heteroatoms. The number of anilines is 3. The van der Waals surface area contributed by atoms with Crippen LogP contribution >= 0.6 is 0 Å². The van der Waals surface area contributed by atoms with Gasteiger partial charge >= 0.3 is 0 Å². The summed E-state index contributed by atoms with van der Waals surface area (Å²) >= 11 is 0. The second kappa shape index (κ2) is 6.15. The van der Waals surface area contributed by atoms with Crippen molar-refractivity contribution in [2.45, 2.75) is 20.8 Å². The molecule has 0 bridgehead atoms. The summed E-state index contributed by atoms with van der Waals surface area (Å²) in [6.45, 7) is 8.99. The fourth-order valence-electron chi connectivity index (χ4n) is 4.41. The van der Waals surface area contributed by atoms with Crippen molar-refractivity contribution in [2.24, 2.45) is 17.9 Å². The molecule has 0 aromatic carbocycles. The highest BCUT2D eigenvalue weighted by Gasteiger charge is 2.59. The minimum atomic E-state index is -3.18. The van der Waals surface area contributed by atoms with Gasteiger partial charge in [-0.2, -0.15) is 10.1 Å². The molecule has 2 aliphatic rings. The highest BCUT2D eigenvalue weighted by atomic mass is 32.2. The predicted octanol–water partition coefficient (Wildman–Crippen LogP) is 1.37. The Morgan fingerprint density at radius 2 is 1.75 bits per heavy atom. The zero-order valence-corrected chi connectivity index (χ0v) is 17.8. The van der Waals surface area contributed by atoms with E-state index in [4.69, 9.17) is 4.98 Å². The summed E-state index contributed by atoms with van der Waals surface area (Å²) in [5.41, 5.74) is 1.59. The van der Waals surface area contributed by atoms with Crippen molar-refractivity contribution in [3.8, 4) is 0 Å². The second-order valence-electron chi connectivity index (χ2n) is 8.74. The van der Waals surface area contributed by atoms with E-state index in [9.17, 15) is 8.42 Å². The Hall–Kier alpha value is -2.20. The summed E-state index contributed by atoms with van der Waals surface area (Å²) in [6.07, 6.45) is 6.71. The van der Waals surface area contributed by atoms with E-state index in [2.05, 4.69) is 34.1 Å². The number of nitrogens with one attached hydrogen (secondary N) is 1. The molecular formula is C18H27N7O2S.